The first-order chi connectivity index (χ1) is 10.9. The predicted molar refractivity (Wildman–Crippen MR) is 87.9 cm³/mol. The lowest BCUT2D eigenvalue weighted by Crippen LogP contribution is -2.31. The van der Waals surface area contributed by atoms with E-state index in [0.717, 1.165) is 17.0 Å². The third kappa shape index (κ3) is 3.48. The standard InChI is InChI=1S/C16H20ClN3O3/c1-9-11(10(2)19-18-9)8-20(3)15(16(21)22)14-12(17)6-5-7-13(14)23-4/h5-7,15H,8H2,1-4H3,(H,18,19)(H,21,22)/t15-/m0/s1. The monoisotopic (exact) mass is 337 g/mol. The Hall–Kier alpha value is -2.05. The van der Waals surface area contributed by atoms with Gasteiger partial charge in [-0.25, -0.2) is 0 Å². The summed E-state index contributed by atoms with van der Waals surface area (Å²) < 4.78 is 5.30. The average Bonchev–Trinajstić information content (AvgIpc) is 2.80. The largest absolute Gasteiger partial charge is 0.496 e. The van der Waals surface area contributed by atoms with E-state index in [0.29, 0.717) is 22.9 Å². The normalized spacial score (nSPS) is 12.4. The second-order valence-electron chi connectivity index (χ2n) is 5.42. The number of nitrogens with zero attached hydrogens (tertiary/aromatic N) is 2. The molecule has 2 aromatic rings. The molecule has 0 saturated heterocycles. The van der Waals surface area contributed by atoms with Crippen molar-refractivity contribution in [1.29, 1.82) is 0 Å². The summed E-state index contributed by atoms with van der Waals surface area (Å²) in [5.41, 5.74) is 3.20. The van der Waals surface area contributed by atoms with Gasteiger partial charge in [0, 0.05) is 28.4 Å². The molecule has 6 nitrogen and oxygen atoms in total. The van der Waals surface area contributed by atoms with Crippen molar-refractivity contribution in [1.82, 2.24) is 15.1 Å². The van der Waals surface area contributed by atoms with Gasteiger partial charge in [-0.05, 0) is 33.0 Å². The molecule has 1 aromatic heterocycles. The summed E-state index contributed by atoms with van der Waals surface area (Å²) in [6.07, 6.45) is 0. The zero-order valence-corrected chi connectivity index (χ0v) is 14.3. The van der Waals surface area contributed by atoms with Crippen molar-refractivity contribution < 1.29 is 14.6 Å². The number of aromatic amines is 1. The van der Waals surface area contributed by atoms with Crippen molar-refractivity contribution in [2.24, 2.45) is 0 Å². The maximum Gasteiger partial charge on any atom is 0.325 e. The van der Waals surface area contributed by atoms with Crippen molar-refractivity contribution in [2.45, 2.75) is 26.4 Å². The summed E-state index contributed by atoms with van der Waals surface area (Å²) in [7, 11) is 3.24. The van der Waals surface area contributed by atoms with Gasteiger partial charge in [-0.15, -0.1) is 0 Å². The number of carboxylic acid groups (broad SMARTS) is 1. The highest BCUT2D eigenvalue weighted by Gasteiger charge is 2.30. The molecule has 0 saturated carbocycles. The van der Waals surface area contributed by atoms with Crippen LogP contribution in [0.5, 0.6) is 5.75 Å². The number of aliphatic carboxylic acids is 1. The molecule has 0 amide bonds. The van der Waals surface area contributed by atoms with E-state index in [-0.39, 0.29) is 0 Å². The number of carbonyl (C=O) groups is 1. The maximum atomic E-state index is 11.9. The Morgan fingerprint density at radius 3 is 2.70 bits per heavy atom. The molecule has 0 radical (unpaired) electrons. The maximum absolute atomic E-state index is 11.9. The van der Waals surface area contributed by atoms with Crippen LogP contribution >= 0.6 is 11.6 Å². The summed E-state index contributed by atoms with van der Waals surface area (Å²) >= 11 is 6.25. The fraction of sp³-hybridized carbons (Fsp3) is 0.375. The van der Waals surface area contributed by atoms with Crippen molar-refractivity contribution in [3.05, 3.63) is 45.7 Å². The van der Waals surface area contributed by atoms with Crippen molar-refractivity contribution >= 4 is 17.6 Å². The van der Waals surface area contributed by atoms with Gasteiger partial charge in [0.1, 0.15) is 11.8 Å². The Morgan fingerprint density at radius 2 is 2.17 bits per heavy atom. The number of halogens is 1. The van der Waals surface area contributed by atoms with Crippen LogP contribution in [0.15, 0.2) is 18.2 Å². The van der Waals surface area contributed by atoms with Crippen LogP contribution in [0.4, 0.5) is 0 Å². The van der Waals surface area contributed by atoms with Crippen LogP contribution in [-0.4, -0.2) is 40.3 Å². The number of benzene rings is 1. The number of aromatic nitrogens is 2. The van der Waals surface area contributed by atoms with Gasteiger partial charge in [0.2, 0.25) is 0 Å². The van der Waals surface area contributed by atoms with Crippen molar-refractivity contribution in [3.8, 4) is 5.75 Å². The Labute approximate surface area is 140 Å². The van der Waals surface area contributed by atoms with Crippen LogP contribution in [0.2, 0.25) is 5.02 Å². The summed E-state index contributed by atoms with van der Waals surface area (Å²) in [5.74, 6) is -0.532. The molecule has 0 aliphatic carbocycles. The summed E-state index contributed by atoms with van der Waals surface area (Å²) in [6, 6.07) is 4.18. The lowest BCUT2D eigenvalue weighted by molar-refractivity contribution is -0.143. The Balaban J connectivity index is 2.41. The lowest BCUT2D eigenvalue weighted by Gasteiger charge is -2.27. The highest BCUT2D eigenvalue weighted by Crippen LogP contribution is 2.35. The number of H-pyrrole nitrogens is 1. The van der Waals surface area contributed by atoms with Gasteiger partial charge in [-0.1, -0.05) is 17.7 Å². The molecule has 0 spiro atoms. The minimum Gasteiger partial charge on any atom is -0.496 e. The minimum atomic E-state index is -0.988. The lowest BCUT2D eigenvalue weighted by atomic mass is 10.0. The van der Waals surface area contributed by atoms with E-state index in [4.69, 9.17) is 16.3 Å². The third-order valence-electron chi connectivity index (χ3n) is 3.87. The van der Waals surface area contributed by atoms with Crippen molar-refractivity contribution in [3.63, 3.8) is 0 Å². The molecule has 1 heterocycles. The second kappa shape index (κ2) is 7.02. The van der Waals surface area contributed by atoms with Gasteiger partial charge in [0.05, 0.1) is 12.8 Å². The number of likely N-dealkylation sites (N-methyl/N-ethyl adjacent to an activating group) is 1. The van der Waals surface area contributed by atoms with Crippen LogP contribution in [0.1, 0.15) is 28.6 Å². The van der Waals surface area contributed by atoms with Crippen LogP contribution in [-0.2, 0) is 11.3 Å². The van der Waals surface area contributed by atoms with Gasteiger partial charge in [-0.3, -0.25) is 14.8 Å². The Kier molecular flexibility index (Phi) is 5.28. The van der Waals surface area contributed by atoms with E-state index in [1.165, 1.54) is 7.11 Å². The van der Waals surface area contributed by atoms with Crippen LogP contribution in [0.3, 0.4) is 0 Å². The molecule has 0 aliphatic heterocycles. The molecule has 124 valence electrons. The smallest absolute Gasteiger partial charge is 0.325 e. The van der Waals surface area contributed by atoms with Gasteiger partial charge in [-0.2, -0.15) is 5.10 Å². The van der Waals surface area contributed by atoms with Crippen LogP contribution in [0, 0.1) is 13.8 Å². The first-order valence-electron chi connectivity index (χ1n) is 7.12. The zero-order valence-electron chi connectivity index (χ0n) is 13.6. The van der Waals surface area contributed by atoms with E-state index in [2.05, 4.69) is 10.2 Å². The molecule has 1 aromatic carbocycles. The van der Waals surface area contributed by atoms with Crippen molar-refractivity contribution in [2.75, 3.05) is 14.2 Å². The van der Waals surface area contributed by atoms with E-state index in [1.54, 1.807) is 30.1 Å². The fourth-order valence-corrected chi connectivity index (χ4v) is 2.91. The van der Waals surface area contributed by atoms with Crippen LogP contribution in [0.25, 0.3) is 0 Å². The Morgan fingerprint density at radius 1 is 1.48 bits per heavy atom. The molecule has 2 rings (SSSR count). The second-order valence-corrected chi connectivity index (χ2v) is 5.83. The number of nitrogens with one attached hydrogen (secondary N) is 1. The number of methoxy groups -OCH3 is 1. The van der Waals surface area contributed by atoms with Gasteiger partial charge in [0.15, 0.2) is 0 Å². The highest BCUT2D eigenvalue weighted by molar-refractivity contribution is 6.31. The summed E-state index contributed by atoms with van der Waals surface area (Å²) in [4.78, 5) is 13.6. The minimum absolute atomic E-state index is 0.365. The van der Waals surface area contributed by atoms with Crippen LogP contribution < -0.4 is 4.74 Å². The topological polar surface area (TPSA) is 78.5 Å². The molecular formula is C16H20ClN3O3. The number of aryl methyl sites for hydroxylation is 2. The van der Waals surface area contributed by atoms with E-state index in [9.17, 15) is 9.90 Å². The van der Waals surface area contributed by atoms with Gasteiger partial charge in [0.25, 0.3) is 0 Å². The number of hydrogen-bond donors (Lipinski definition) is 2. The molecule has 0 unspecified atom stereocenters. The Bertz CT molecular complexity index is 695. The highest BCUT2D eigenvalue weighted by atomic mass is 35.5. The molecule has 0 aliphatic rings. The van der Waals surface area contributed by atoms with Gasteiger partial charge >= 0.3 is 5.97 Å². The molecule has 23 heavy (non-hydrogen) atoms. The van der Waals surface area contributed by atoms with E-state index in [1.807, 2.05) is 13.8 Å². The molecule has 2 N–H and O–H groups in total. The van der Waals surface area contributed by atoms with E-state index < -0.39 is 12.0 Å². The third-order valence-corrected chi connectivity index (χ3v) is 4.20. The first-order valence-corrected chi connectivity index (χ1v) is 7.50. The number of ether oxygens (including phenoxy) is 1. The fourth-order valence-electron chi connectivity index (χ4n) is 2.64. The number of rotatable bonds is 6. The molecule has 1 atom stereocenters. The van der Waals surface area contributed by atoms with Gasteiger partial charge < -0.3 is 9.84 Å². The quantitative estimate of drug-likeness (QED) is 0.847. The molecular weight excluding hydrogens is 318 g/mol. The molecule has 0 fully saturated rings. The first kappa shape index (κ1) is 17.3. The SMILES string of the molecule is COc1cccc(Cl)c1[C@@H](C(=O)O)N(C)Cc1c(C)n[nH]c1C. The average molecular weight is 338 g/mol. The zero-order chi connectivity index (χ0) is 17.1. The molecule has 7 heteroatoms. The predicted octanol–water partition coefficient (Wildman–Crippen LogP) is 2.95. The molecule has 0 bridgehead atoms. The number of hydrogen-bond acceptors (Lipinski definition) is 4. The number of carboxylic acids is 1. The summed E-state index contributed by atoms with van der Waals surface area (Å²) in [5, 5.41) is 17.2. The van der Waals surface area contributed by atoms with E-state index >= 15 is 0 Å². The summed E-state index contributed by atoms with van der Waals surface area (Å²) in [6.45, 7) is 4.23.